The molecule has 0 radical (unpaired) electrons. The molecule has 1 atom stereocenters. The van der Waals surface area contributed by atoms with Crippen LogP contribution in [0.1, 0.15) is 17.2 Å². The molecule has 12 heteroatoms. The molecule has 2 N–H and O–H groups in total. The van der Waals surface area contributed by atoms with Crippen LogP contribution >= 0.6 is 27.3 Å². The zero-order chi connectivity index (χ0) is 20.7. The van der Waals surface area contributed by atoms with Crippen molar-refractivity contribution in [2.45, 2.75) is 12.2 Å². The largest absolute Gasteiger partial charge is 0.483 e. The molecule has 2 heterocycles. The molecule has 0 bridgehead atoms. The van der Waals surface area contributed by atoms with Gasteiger partial charge in [-0.2, -0.15) is 4.31 Å². The Bertz CT molecular complexity index is 928. The first kappa shape index (κ1) is 22.7. The SMILES string of the molecule is CCNC(=O)C(c1nc2ccc(Br)cc2s1)S(=O)(=O)N1CCOCC1.O=CO. The standard InChI is InChI=1S/C15H18BrN3O4S2.CH2O2/c1-2-17-14(20)13(25(21,22)19-5-7-23-8-6-19)15-18-11-4-3-10(16)9-12(11)24-15;2-1-3/h3-4,9,13H,2,5-8H2,1H3,(H,17,20);1H,(H,2,3). The van der Waals surface area contributed by atoms with E-state index in [4.69, 9.17) is 14.6 Å². The predicted molar refractivity (Wildman–Crippen MR) is 109 cm³/mol. The third kappa shape index (κ3) is 5.26. The van der Waals surface area contributed by atoms with Crippen LogP contribution in [0.3, 0.4) is 0 Å². The maximum absolute atomic E-state index is 13.1. The van der Waals surface area contributed by atoms with Crippen LogP contribution in [0.25, 0.3) is 10.2 Å². The van der Waals surface area contributed by atoms with E-state index in [0.29, 0.717) is 25.3 Å². The first-order valence-electron chi connectivity index (χ1n) is 8.33. The molecule has 1 unspecified atom stereocenters. The molecule has 154 valence electrons. The summed E-state index contributed by atoms with van der Waals surface area (Å²) in [5.41, 5.74) is 0.676. The Labute approximate surface area is 174 Å². The predicted octanol–water partition coefficient (Wildman–Crippen LogP) is 1.60. The maximum Gasteiger partial charge on any atom is 0.290 e. The molecular formula is C16H20BrN3O6S2. The number of hydrogen-bond donors (Lipinski definition) is 2. The number of fused-ring (bicyclic) bond motifs is 1. The smallest absolute Gasteiger partial charge is 0.290 e. The highest BCUT2D eigenvalue weighted by Crippen LogP contribution is 2.34. The average Bonchev–Trinajstić information content (AvgIpc) is 3.05. The number of aromatic nitrogens is 1. The molecule has 1 saturated heterocycles. The summed E-state index contributed by atoms with van der Waals surface area (Å²) in [6, 6.07) is 5.51. The van der Waals surface area contributed by atoms with Gasteiger partial charge in [-0.15, -0.1) is 11.3 Å². The van der Waals surface area contributed by atoms with Gasteiger partial charge in [0.1, 0.15) is 5.01 Å². The number of sulfonamides is 1. The van der Waals surface area contributed by atoms with E-state index in [-0.39, 0.29) is 24.6 Å². The fourth-order valence-corrected chi connectivity index (χ4v) is 6.25. The summed E-state index contributed by atoms with van der Waals surface area (Å²) in [5.74, 6) is -0.549. The zero-order valence-electron chi connectivity index (χ0n) is 15.0. The summed E-state index contributed by atoms with van der Waals surface area (Å²) >= 11 is 4.62. The molecule has 0 saturated carbocycles. The number of morpholine rings is 1. The van der Waals surface area contributed by atoms with Crippen molar-refractivity contribution in [1.29, 1.82) is 0 Å². The Kier molecular flexibility index (Phi) is 8.31. The van der Waals surface area contributed by atoms with Gasteiger partial charge in [-0.05, 0) is 25.1 Å². The monoisotopic (exact) mass is 493 g/mol. The minimum Gasteiger partial charge on any atom is -0.483 e. The summed E-state index contributed by atoms with van der Waals surface area (Å²) in [6.07, 6.45) is 0. The summed E-state index contributed by atoms with van der Waals surface area (Å²) in [5, 5.41) is 8.45. The molecule has 9 nitrogen and oxygen atoms in total. The van der Waals surface area contributed by atoms with Crippen LogP contribution in [0.2, 0.25) is 0 Å². The van der Waals surface area contributed by atoms with Crippen LogP contribution in [-0.4, -0.2) is 68.0 Å². The number of thiazole rings is 1. The van der Waals surface area contributed by atoms with Crippen molar-refractivity contribution in [3.05, 3.63) is 27.7 Å². The van der Waals surface area contributed by atoms with Gasteiger partial charge in [0.25, 0.3) is 6.47 Å². The van der Waals surface area contributed by atoms with E-state index >= 15 is 0 Å². The van der Waals surface area contributed by atoms with Crippen LogP contribution in [0.4, 0.5) is 0 Å². The summed E-state index contributed by atoms with van der Waals surface area (Å²) in [6.45, 7) is 3.00. The van der Waals surface area contributed by atoms with E-state index in [1.54, 1.807) is 13.0 Å². The lowest BCUT2D eigenvalue weighted by Gasteiger charge is -2.29. The number of nitrogens with one attached hydrogen (secondary N) is 1. The first-order valence-corrected chi connectivity index (χ1v) is 11.4. The molecule has 1 aliphatic rings. The lowest BCUT2D eigenvalue weighted by molar-refractivity contribution is -0.123. The minimum absolute atomic E-state index is 0.245. The molecule has 1 aliphatic heterocycles. The second-order valence-electron chi connectivity index (χ2n) is 5.60. The Morgan fingerprint density at radius 3 is 2.71 bits per heavy atom. The Morgan fingerprint density at radius 2 is 2.11 bits per heavy atom. The van der Waals surface area contributed by atoms with Crippen LogP contribution in [0.5, 0.6) is 0 Å². The van der Waals surface area contributed by atoms with Crippen molar-refractivity contribution in [2.75, 3.05) is 32.8 Å². The fraction of sp³-hybridized carbons (Fsp3) is 0.438. The van der Waals surface area contributed by atoms with E-state index in [2.05, 4.69) is 26.2 Å². The number of carbonyl (C=O) groups is 2. The third-order valence-electron chi connectivity index (χ3n) is 3.81. The number of ether oxygens (including phenoxy) is 1. The lowest BCUT2D eigenvalue weighted by atomic mass is 10.3. The highest BCUT2D eigenvalue weighted by Gasteiger charge is 2.41. The molecule has 1 aromatic heterocycles. The van der Waals surface area contributed by atoms with Gasteiger partial charge in [-0.3, -0.25) is 9.59 Å². The van der Waals surface area contributed by atoms with E-state index in [0.717, 1.165) is 9.17 Å². The van der Waals surface area contributed by atoms with Gasteiger partial charge in [0.15, 0.2) is 0 Å². The van der Waals surface area contributed by atoms with Crippen LogP contribution in [0.15, 0.2) is 22.7 Å². The number of likely N-dealkylation sites (N-methyl/N-ethyl adjacent to an activating group) is 1. The van der Waals surface area contributed by atoms with Gasteiger partial charge < -0.3 is 15.2 Å². The Morgan fingerprint density at radius 1 is 1.46 bits per heavy atom. The van der Waals surface area contributed by atoms with Crippen molar-refractivity contribution in [1.82, 2.24) is 14.6 Å². The first-order chi connectivity index (χ1) is 13.3. The maximum atomic E-state index is 13.1. The Balaban J connectivity index is 0.000000878. The molecule has 1 amide bonds. The number of amides is 1. The lowest BCUT2D eigenvalue weighted by Crippen LogP contribution is -2.46. The van der Waals surface area contributed by atoms with Gasteiger partial charge in [-0.1, -0.05) is 15.9 Å². The molecule has 1 fully saturated rings. The average molecular weight is 494 g/mol. The quantitative estimate of drug-likeness (QED) is 0.605. The number of carboxylic acid groups (broad SMARTS) is 1. The van der Waals surface area contributed by atoms with Gasteiger partial charge in [0.2, 0.25) is 21.2 Å². The van der Waals surface area contributed by atoms with E-state index in [1.165, 1.54) is 15.6 Å². The topological polar surface area (TPSA) is 126 Å². The molecule has 28 heavy (non-hydrogen) atoms. The summed E-state index contributed by atoms with van der Waals surface area (Å²) in [7, 11) is -3.88. The summed E-state index contributed by atoms with van der Waals surface area (Å²) in [4.78, 5) is 25.4. The van der Waals surface area contributed by atoms with E-state index < -0.39 is 21.2 Å². The third-order valence-corrected chi connectivity index (χ3v) is 7.65. The van der Waals surface area contributed by atoms with Crippen molar-refractivity contribution in [2.24, 2.45) is 0 Å². The van der Waals surface area contributed by atoms with Crippen molar-refractivity contribution in [3.8, 4) is 0 Å². The second kappa shape index (κ2) is 10.3. The van der Waals surface area contributed by atoms with Crippen LogP contribution < -0.4 is 5.32 Å². The molecule has 2 aromatic rings. The van der Waals surface area contributed by atoms with E-state index in [9.17, 15) is 13.2 Å². The highest BCUT2D eigenvalue weighted by molar-refractivity contribution is 9.10. The normalized spacial score (nSPS) is 16.1. The number of nitrogens with zero attached hydrogens (tertiary/aromatic N) is 2. The number of hydrogen-bond acceptors (Lipinski definition) is 7. The van der Waals surface area contributed by atoms with Crippen LogP contribution in [0, 0.1) is 0 Å². The van der Waals surface area contributed by atoms with Gasteiger partial charge in [-0.25, -0.2) is 13.4 Å². The van der Waals surface area contributed by atoms with E-state index in [1.807, 2.05) is 12.1 Å². The second-order valence-corrected chi connectivity index (χ2v) is 9.60. The van der Waals surface area contributed by atoms with Crippen molar-refractivity contribution in [3.63, 3.8) is 0 Å². The van der Waals surface area contributed by atoms with Gasteiger partial charge >= 0.3 is 0 Å². The van der Waals surface area contributed by atoms with Gasteiger partial charge in [0.05, 0.1) is 23.4 Å². The molecule has 1 aromatic carbocycles. The molecule has 0 aliphatic carbocycles. The molecular weight excluding hydrogens is 474 g/mol. The van der Waals surface area contributed by atoms with Crippen molar-refractivity contribution < 1.29 is 27.9 Å². The number of rotatable bonds is 5. The number of halogens is 1. The fourth-order valence-electron chi connectivity index (χ4n) is 2.62. The summed E-state index contributed by atoms with van der Waals surface area (Å²) < 4.78 is 34.5. The molecule has 3 rings (SSSR count). The number of benzene rings is 1. The highest BCUT2D eigenvalue weighted by atomic mass is 79.9. The number of carbonyl (C=O) groups excluding carboxylic acids is 1. The molecule has 0 spiro atoms. The Hall–Kier alpha value is -1.60. The van der Waals surface area contributed by atoms with Gasteiger partial charge in [0, 0.05) is 24.1 Å². The van der Waals surface area contributed by atoms with Crippen molar-refractivity contribution >= 4 is 59.9 Å². The van der Waals surface area contributed by atoms with Crippen LogP contribution in [-0.2, 0) is 24.3 Å². The zero-order valence-corrected chi connectivity index (χ0v) is 18.2. The minimum atomic E-state index is -3.88.